The summed E-state index contributed by atoms with van der Waals surface area (Å²) in [5.74, 6) is -0.0687. The molecule has 2 unspecified atom stereocenters. The summed E-state index contributed by atoms with van der Waals surface area (Å²) < 4.78 is 0. The summed E-state index contributed by atoms with van der Waals surface area (Å²) in [4.78, 5) is 25.6. The zero-order chi connectivity index (χ0) is 15.4. The number of hydrogen-bond acceptors (Lipinski definition) is 3. The number of rotatable bonds is 6. The monoisotopic (exact) mass is 289 g/mol. The minimum atomic E-state index is -0.567. The number of anilines is 1. The SMILES string of the molecule is CCCC1CC(=O)N(C(Cc2ccc(N)cc2)C(N)=O)C1. The Kier molecular flexibility index (Phi) is 4.83. The zero-order valence-electron chi connectivity index (χ0n) is 12.4. The van der Waals surface area contributed by atoms with Crippen molar-refractivity contribution in [3.63, 3.8) is 0 Å². The Morgan fingerprint density at radius 3 is 2.62 bits per heavy atom. The zero-order valence-corrected chi connectivity index (χ0v) is 12.4. The molecule has 5 nitrogen and oxygen atoms in total. The molecule has 0 aromatic heterocycles. The van der Waals surface area contributed by atoms with Gasteiger partial charge in [0.15, 0.2) is 0 Å². The van der Waals surface area contributed by atoms with Gasteiger partial charge in [-0.3, -0.25) is 9.59 Å². The Bertz CT molecular complexity index is 513. The van der Waals surface area contributed by atoms with E-state index in [1.807, 2.05) is 12.1 Å². The number of nitrogens with two attached hydrogens (primary N) is 2. The Morgan fingerprint density at radius 1 is 1.38 bits per heavy atom. The third-order valence-corrected chi connectivity index (χ3v) is 4.05. The second kappa shape index (κ2) is 6.61. The molecule has 0 radical (unpaired) electrons. The fraction of sp³-hybridized carbons (Fsp3) is 0.500. The first-order valence-corrected chi connectivity index (χ1v) is 7.44. The normalized spacial score (nSPS) is 19.8. The second-order valence-electron chi connectivity index (χ2n) is 5.77. The van der Waals surface area contributed by atoms with Crippen LogP contribution in [0.1, 0.15) is 31.7 Å². The summed E-state index contributed by atoms with van der Waals surface area (Å²) in [5, 5.41) is 0. The molecule has 2 rings (SSSR count). The predicted octanol–water partition coefficient (Wildman–Crippen LogP) is 1.31. The fourth-order valence-corrected chi connectivity index (χ4v) is 2.95. The van der Waals surface area contributed by atoms with Crippen LogP contribution in [-0.2, 0) is 16.0 Å². The molecule has 1 heterocycles. The maximum atomic E-state index is 12.1. The summed E-state index contributed by atoms with van der Waals surface area (Å²) in [6, 6.07) is 6.76. The smallest absolute Gasteiger partial charge is 0.240 e. The first kappa shape index (κ1) is 15.4. The lowest BCUT2D eigenvalue weighted by Crippen LogP contribution is -2.47. The summed E-state index contributed by atoms with van der Waals surface area (Å²) in [7, 11) is 0. The minimum absolute atomic E-state index is 0.0349. The van der Waals surface area contributed by atoms with Gasteiger partial charge < -0.3 is 16.4 Å². The van der Waals surface area contributed by atoms with Gasteiger partial charge in [0.2, 0.25) is 11.8 Å². The molecule has 1 aromatic rings. The number of benzene rings is 1. The third-order valence-electron chi connectivity index (χ3n) is 4.05. The molecule has 1 saturated heterocycles. The average molecular weight is 289 g/mol. The highest BCUT2D eigenvalue weighted by atomic mass is 16.2. The molecule has 4 N–H and O–H groups in total. The van der Waals surface area contributed by atoms with Crippen molar-refractivity contribution in [3.05, 3.63) is 29.8 Å². The van der Waals surface area contributed by atoms with Gasteiger partial charge in [-0.05, 0) is 30.0 Å². The predicted molar refractivity (Wildman–Crippen MR) is 82.3 cm³/mol. The number of likely N-dealkylation sites (tertiary alicyclic amines) is 1. The molecule has 0 bridgehead atoms. The number of primary amides is 1. The van der Waals surface area contributed by atoms with E-state index in [1.165, 1.54) is 0 Å². The van der Waals surface area contributed by atoms with Crippen molar-refractivity contribution in [2.45, 2.75) is 38.6 Å². The van der Waals surface area contributed by atoms with Gasteiger partial charge in [-0.25, -0.2) is 0 Å². The summed E-state index contributed by atoms with van der Waals surface area (Å²) in [5.41, 5.74) is 12.8. The van der Waals surface area contributed by atoms with Gasteiger partial charge in [0.1, 0.15) is 6.04 Å². The molecular formula is C16H23N3O2. The van der Waals surface area contributed by atoms with E-state index < -0.39 is 11.9 Å². The van der Waals surface area contributed by atoms with Crippen molar-refractivity contribution in [1.82, 2.24) is 4.90 Å². The third kappa shape index (κ3) is 3.74. The van der Waals surface area contributed by atoms with Crippen LogP contribution >= 0.6 is 0 Å². The fourth-order valence-electron chi connectivity index (χ4n) is 2.95. The molecule has 114 valence electrons. The molecule has 0 aliphatic carbocycles. The quantitative estimate of drug-likeness (QED) is 0.774. The van der Waals surface area contributed by atoms with Gasteiger partial charge in [0.25, 0.3) is 0 Å². The van der Waals surface area contributed by atoms with E-state index >= 15 is 0 Å². The van der Waals surface area contributed by atoms with Crippen LogP contribution < -0.4 is 11.5 Å². The Morgan fingerprint density at radius 2 is 2.05 bits per heavy atom. The molecule has 5 heteroatoms. The highest BCUT2D eigenvalue weighted by Gasteiger charge is 2.36. The molecule has 2 atom stereocenters. The summed E-state index contributed by atoms with van der Waals surface area (Å²) in [6.45, 7) is 2.74. The minimum Gasteiger partial charge on any atom is -0.399 e. The van der Waals surface area contributed by atoms with Gasteiger partial charge in [-0.1, -0.05) is 25.5 Å². The summed E-state index contributed by atoms with van der Waals surface area (Å²) in [6.07, 6.45) is 3.03. The van der Waals surface area contributed by atoms with Gasteiger partial charge in [0.05, 0.1) is 0 Å². The number of nitrogen functional groups attached to an aromatic ring is 1. The van der Waals surface area contributed by atoms with Crippen molar-refractivity contribution in [2.24, 2.45) is 11.7 Å². The van der Waals surface area contributed by atoms with E-state index in [0.29, 0.717) is 31.0 Å². The van der Waals surface area contributed by atoms with E-state index in [0.717, 1.165) is 18.4 Å². The van der Waals surface area contributed by atoms with Crippen molar-refractivity contribution in [2.75, 3.05) is 12.3 Å². The number of carbonyl (C=O) groups excluding carboxylic acids is 2. The molecule has 0 saturated carbocycles. The molecule has 0 spiro atoms. The van der Waals surface area contributed by atoms with Gasteiger partial charge in [-0.2, -0.15) is 0 Å². The molecule has 1 aliphatic rings. The van der Waals surface area contributed by atoms with Crippen LogP contribution in [-0.4, -0.2) is 29.3 Å². The lowest BCUT2D eigenvalue weighted by atomic mass is 10.0. The molecule has 2 amide bonds. The van der Waals surface area contributed by atoms with Crippen LogP contribution in [0.5, 0.6) is 0 Å². The molecular weight excluding hydrogens is 266 g/mol. The molecule has 21 heavy (non-hydrogen) atoms. The molecule has 1 aromatic carbocycles. The molecule has 1 aliphatic heterocycles. The number of amides is 2. The largest absolute Gasteiger partial charge is 0.399 e. The Labute approximate surface area is 125 Å². The number of nitrogens with zero attached hydrogens (tertiary/aromatic N) is 1. The average Bonchev–Trinajstić information content (AvgIpc) is 2.79. The first-order valence-electron chi connectivity index (χ1n) is 7.44. The Balaban J connectivity index is 2.10. The van der Waals surface area contributed by atoms with Crippen LogP contribution in [0, 0.1) is 5.92 Å². The standard InChI is InChI=1S/C16H23N3O2/c1-2-3-12-9-15(20)19(10-12)14(16(18)21)8-11-4-6-13(17)7-5-11/h4-7,12,14H,2-3,8-10,17H2,1H3,(H2,18,21). The second-order valence-corrected chi connectivity index (χ2v) is 5.77. The lowest BCUT2D eigenvalue weighted by molar-refractivity contribution is -0.136. The Hall–Kier alpha value is -2.04. The summed E-state index contributed by atoms with van der Waals surface area (Å²) >= 11 is 0. The number of hydrogen-bond donors (Lipinski definition) is 2. The van der Waals surface area contributed by atoms with Crippen LogP contribution in [0.2, 0.25) is 0 Å². The van der Waals surface area contributed by atoms with Crippen molar-refractivity contribution in [3.8, 4) is 0 Å². The van der Waals surface area contributed by atoms with E-state index in [1.54, 1.807) is 17.0 Å². The maximum Gasteiger partial charge on any atom is 0.240 e. The van der Waals surface area contributed by atoms with Gasteiger partial charge in [0, 0.05) is 25.1 Å². The van der Waals surface area contributed by atoms with Gasteiger partial charge in [-0.15, -0.1) is 0 Å². The highest BCUT2D eigenvalue weighted by Crippen LogP contribution is 2.25. The maximum absolute atomic E-state index is 12.1. The van der Waals surface area contributed by atoms with E-state index in [2.05, 4.69) is 6.92 Å². The highest BCUT2D eigenvalue weighted by molar-refractivity contribution is 5.88. The number of carbonyl (C=O) groups is 2. The van der Waals surface area contributed by atoms with Crippen molar-refractivity contribution >= 4 is 17.5 Å². The topological polar surface area (TPSA) is 89.4 Å². The van der Waals surface area contributed by atoms with Crippen LogP contribution in [0.3, 0.4) is 0 Å². The lowest BCUT2D eigenvalue weighted by Gasteiger charge is -2.25. The van der Waals surface area contributed by atoms with Gasteiger partial charge >= 0.3 is 0 Å². The van der Waals surface area contributed by atoms with Crippen LogP contribution in [0.4, 0.5) is 5.69 Å². The first-order chi connectivity index (χ1) is 10.0. The van der Waals surface area contributed by atoms with Crippen molar-refractivity contribution < 1.29 is 9.59 Å². The van der Waals surface area contributed by atoms with Crippen LogP contribution in [0.15, 0.2) is 24.3 Å². The van der Waals surface area contributed by atoms with E-state index in [-0.39, 0.29) is 5.91 Å². The molecule has 1 fully saturated rings. The van der Waals surface area contributed by atoms with E-state index in [4.69, 9.17) is 11.5 Å². The van der Waals surface area contributed by atoms with E-state index in [9.17, 15) is 9.59 Å². The van der Waals surface area contributed by atoms with Crippen molar-refractivity contribution in [1.29, 1.82) is 0 Å². The van der Waals surface area contributed by atoms with Crippen LogP contribution in [0.25, 0.3) is 0 Å².